The smallest absolute Gasteiger partial charge is 0.203 e. The number of hydrazine groups is 1. The summed E-state index contributed by atoms with van der Waals surface area (Å²) in [4.78, 5) is 21.3. The summed E-state index contributed by atoms with van der Waals surface area (Å²) >= 11 is 0. The molecule has 0 saturated carbocycles. The van der Waals surface area contributed by atoms with Crippen molar-refractivity contribution in [3.63, 3.8) is 0 Å². The van der Waals surface area contributed by atoms with Crippen molar-refractivity contribution in [3.8, 4) is 5.75 Å². The van der Waals surface area contributed by atoms with Crippen molar-refractivity contribution >= 4 is 11.8 Å². The van der Waals surface area contributed by atoms with E-state index in [0.29, 0.717) is 30.3 Å². The average molecular weight is 437 g/mol. The maximum absolute atomic E-state index is 12.4. The Labute approximate surface area is 189 Å². The number of nitrogens with zero attached hydrogens (tertiary/aromatic N) is 6. The second kappa shape index (κ2) is 11.4. The van der Waals surface area contributed by atoms with Crippen LogP contribution < -0.4 is 10.2 Å². The molecule has 0 bridgehead atoms. The molecule has 0 N–H and O–H groups in total. The highest BCUT2D eigenvalue weighted by atomic mass is 16.5. The number of aromatic nitrogens is 4. The Morgan fingerprint density at radius 1 is 1.22 bits per heavy atom. The standard InChI is InChI=1S/C24H32N6O2/c1-5-11-28(3)29(4)13-14-30-12-10-23(31)22(27-30)16-19-8-7-9-20(15-19)24-25-17-21(18-26-24)32-6-2/h9-10,12-15,17-18H,5-8,11,16H2,1-4H3/b14-13+. The molecule has 1 aliphatic rings. The lowest BCUT2D eigenvalue weighted by atomic mass is 9.95. The van der Waals surface area contributed by atoms with Gasteiger partial charge in [-0.05, 0) is 26.2 Å². The first-order valence-corrected chi connectivity index (χ1v) is 11.1. The molecule has 0 atom stereocenters. The van der Waals surface area contributed by atoms with Crippen LogP contribution >= 0.6 is 0 Å². The Morgan fingerprint density at radius 3 is 2.72 bits per heavy atom. The van der Waals surface area contributed by atoms with Gasteiger partial charge in [-0.25, -0.2) is 19.7 Å². The molecular formula is C24H32N6O2. The first kappa shape index (κ1) is 23.4. The van der Waals surface area contributed by atoms with Crippen molar-refractivity contribution in [3.05, 3.63) is 70.3 Å². The highest BCUT2D eigenvalue weighted by Gasteiger charge is 2.13. The lowest BCUT2D eigenvalue weighted by Gasteiger charge is -2.26. The van der Waals surface area contributed by atoms with Crippen LogP contribution in [0.5, 0.6) is 5.75 Å². The summed E-state index contributed by atoms with van der Waals surface area (Å²) in [7, 11) is 4.02. The third-order valence-electron chi connectivity index (χ3n) is 5.20. The lowest BCUT2D eigenvalue weighted by molar-refractivity contribution is 0.0812. The quantitative estimate of drug-likeness (QED) is 0.528. The molecular weight excluding hydrogens is 404 g/mol. The van der Waals surface area contributed by atoms with E-state index in [1.54, 1.807) is 29.3 Å². The zero-order valence-electron chi connectivity index (χ0n) is 19.4. The molecule has 0 radical (unpaired) electrons. The molecule has 8 nitrogen and oxygen atoms in total. The van der Waals surface area contributed by atoms with Crippen molar-refractivity contribution in [1.82, 2.24) is 29.8 Å². The Bertz CT molecular complexity index is 1040. The molecule has 2 aromatic rings. The van der Waals surface area contributed by atoms with Crippen LogP contribution in [0.15, 0.2) is 53.4 Å². The van der Waals surface area contributed by atoms with Gasteiger partial charge in [0.25, 0.3) is 0 Å². The van der Waals surface area contributed by atoms with Crippen molar-refractivity contribution in [1.29, 1.82) is 0 Å². The van der Waals surface area contributed by atoms with Crippen LogP contribution in [0.25, 0.3) is 11.8 Å². The van der Waals surface area contributed by atoms with E-state index in [2.05, 4.69) is 39.2 Å². The Balaban J connectivity index is 1.73. The third-order valence-corrected chi connectivity index (χ3v) is 5.20. The molecule has 8 heteroatoms. The molecule has 0 spiro atoms. The van der Waals surface area contributed by atoms with Gasteiger partial charge in [0, 0.05) is 57.3 Å². The molecule has 0 aliphatic heterocycles. The topological polar surface area (TPSA) is 76.4 Å². The highest BCUT2D eigenvalue weighted by molar-refractivity contribution is 5.71. The molecule has 2 heterocycles. The van der Waals surface area contributed by atoms with Crippen molar-refractivity contribution in [2.45, 2.75) is 39.5 Å². The van der Waals surface area contributed by atoms with Crippen LogP contribution in [0.2, 0.25) is 0 Å². The normalized spacial score (nSPS) is 13.9. The van der Waals surface area contributed by atoms with Crippen LogP contribution in [-0.2, 0) is 6.42 Å². The fraction of sp³-hybridized carbons (Fsp3) is 0.417. The summed E-state index contributed by atoms with van der Waals surface area (Å²) in [6, 6.07) is 1.57. The summed E-state index contributed by atoms with van der Waals surface area (Å²) in [6.07, 6.45) is 16.4. The van der Waals surface area contributed by atoms with Crippen LogP contribution in [0.1, 0.15) is 44.6 Å². The monoisotopic (exact) mass is 436 g/mol. The van der Waals surface area contributed by atoms with Crippen molar-refractivity contribution in [2.75, 3.05) is 27.2 Å². The van der Waals surface area contributed by atoms with E-state index in [4.69, 9.17) is 4.74 Å². The molecule has 0 aromatic carbocycles. The summed E-state index contributed by atoms with van der Waals surface area (Å²) in [5, 5.41) is 8.65. The van der Waals surface area contributed by atoms with Crippen LogP contribution in [-0.4, -0.2) is 57.0 Å². The first-order valence-electron chi connectivity index (χ1n) is 11.1. The van der Waals surface area contributed by atoms with Gasteiger partial charge in [-0.1, -0.05) is 24.6 Å². The predicted octanol–water partition coefficient (Wildman–Crippen LogP) is 3.40. The van der Waals surface area contributed by atoms with E-state index in [1.165, 1.54) is 0 Å². The largest absolute Gasteiger partial charge is 0.491 e. The van der Waals surface area contributed by atoms with Gasteiger partial charge < -0.3 is 9.75 Å². The van der Waals surface area contributed by atoms with Gasteiger partial charge in [0.15, 0.2) is 11.6 Å². The van der Waals surface area contributed by atoms with E-state index >= 15 is 0 Å². The molecule has 0 unspecified atom stereocenters. The van der Waals surface area contributed by atoms with Crippen LogP contribution in [0.3, 0.4) is 0 Å². The summed E-state index contributed by atoms with van der Waals surface area (Å²) in [6.45, 7) is 5.62. The second-order valence-corrected chi connectivity index (χ2v) is 7.71. The first-order chi connectivity index (χ1) is 15.5. The Hall–Kier alpha value is -3.26. The number of rotatable bonds is 10. The number of hydrogen-bond acceptors (Lipinski definition) is 7. The van der Waals surface area contributed by atoms with Crippen molar-refractivity contribution in [2.24, 2.45) is 0 Å². The number of allylic oxidation sites excluding steroid dienone is 4. The predicted molar refractivity (Wildman–Crippen MR) is 127 cm³/mol. The Kier molecular flexibility index (Phi) is 8.33. The van der Waals surface area contributed by atoms with Gasteiger partial charge in [0.2, 0.25) is 5.43 Å². The van der Waals surface area contributed by atoms with E-state index in [0.717, 1.165) is 37.0 Å². The molecule has 0 fully saturated rings. The maximum atomic E-state index is 12.4. The van der Waals surface area contributed by atoms with Gasteiger partial charge in [0.1, 0.15) is 5.69 Å². The average Bonchev–Trinajstić information content (AvgIpc) is 2.80. The molecule has 2 aromatic heterocycles. The molecule has 1 aliphatic carbocycles. The minimum Gasteiger partial charge on any atom is -0.491 e. The summed E-state index contributed by atoms with van der Waals surface area (Å²) in [5.41, 5.74) is 2.58. The summed E-state index contributed by atoms with van der Waals surface area (Å²) in [5.74, 6) is 1.32. The van der Waals surface area contributed by atoms with E-state index in [-0.39, 0.29) is 5.43 Å². The maximum Gasteiger partial charge on any atom is 0.203 e. The third kappa shape index (κ3) is 6.37. The van der Waals surface area contributed by atoms with Gasteiger partial charge in [-0.15, -0.1) is 0 Å². The summed E-state index contributed by atoms with van der Waals surface area (Å²) < 4.78 is 7.10. The Morgan fingerprint density at radius 2 is 2.00 bits per heavy atom. The van der Waals surface area contributed by atoms with Crippen molar-refractivity contribution < 1.29 is 4.74 Å². The minimum atomic E-state index is -0.0552. The zero-order valence-corrected chi connectivity index (χ0v) is 19.4. The van der Waals surface area contributed by atoms with Gasteiger partial charge in [-0.3, -0.25) is 4.79 Å². The lowest BCUT2D eigenvalue weighted by Crippen LogP contribution is -2.32. The van der Waals surface area contributed by atoms with E-state index in [1.807, 2.05) is 38.4 Å². The minimum absolute atomic E-state index is 0.0552. The molecule has 3 rings (SSSR count). The zero-order chi connectivity index (χ0) is 22.9. The number of ether oxygens (including phenoxy) is 1. The fourth-order valence-electron chi connectivity index (χ4n) is 3.41. The molecule has 170 valence electrons. The van der Waals surface area contributed by atoms with Gasteiger partial charge in [-0.2, -0.15) is 5.10 Å². The second-order valence-electron chi connectivity index (χ2n) is 7.71. The van der Waals surface area contributed by atoms with E-state index in [9.17, 15) is 4.79 Å². The van der Waals surface area contributed by atoms with Gasteiger partial charge >= 0.3 is 0 Å². The van der Waals surface area contributed by atoms with Crippen LogP contribution in [0, 0.1) is 0 Å². The molecule has 0 saturated heterocycles. The fourth-order valence-corrected chi connectivity index (χ4v) is 3.41. The van der Waals surface area contributed by atoms with E-state index < -0.39 is 0 Å². The SMILES string of the molecule is CCCN(C)N(C)/C=C/n1ccc(=O)c(CC2=CC(c3ncc(OCC)cn3)=CCC2)n1. The number of hydrogen-bond donors (Lipinski definition) is 0. The molecule has 32 heavy (non-hydrogen) atoms. The van der Waals surface area contributed by atoms with Crippen LogP contribution in [0.4, 0.5) is 0 Å². The molecule has 0 amide bonds. The highest BCUT2D eigenvalue weighted by Crippen LogP contribution is 2.25. The van der Waals surface area contributed by atoms with Gasteiger partial charge in [0.05, 0.1) is 19.0 Å².